The van der Waals surface area contributed by atoms with Crippen LogP contribution in [0.4, 0.5) is 0 Å². The highest BCUT2D eigenvalue weighted by Gasteiger charge is 2.34. The molecule has 4 nitrogen and oxygen atoms in total. The Balaban J connectivity index is 1.49. The minimum atomic E-state index is 0.307. The molecule has 2 aromatic carbocycles. The third-order valence-electron chi connectivity index (χ3n) is 7.53. The summed E-state index contributed by atoms with van der Waals surface area (Å²) in [4.78, 5) is 2.59. The Morgan fingerprint density at radius 2 is 1.85 bits per heavy atom. The van der Waals surface area contributed by atoms with Crippen molar-refractivity contribution < 1.29 is 9.84 Å². The van der Waals surface area contributed by atoms with Gasteiger partial charge in [0, 0.05) is 12.6 Å². The third-order valence-corrected chi connectivity index (χ3v) is 7.53. The van der Waals surface area contributed by atoms with Crippen molar-refractivity contribution in [3.05, 3.63) is 88.7 Å². The van der Waals surface area contributed by atoms with Gasteiger partial charge in [0.2, 0.25) is 0 Å². The number of phenols is 1. The van der Waals surface area contributed by atoms with Gasteiger partial charge in [0.05, 0.1) is 7.11 Å². The number of benzene rings is 2. The van der Waals surface area contributed by atoms with Crippen LogP contribution in [-0.2, 0) is 30.5 Å². The summed E-state index contributed by atoms with van der Waals surface area (Å²) in [6.45, 7) is 8.38. The highest BCUT2D eigenvalue weighted by atomic mass is 16.5. The van der Waals surface area contributed by atoms with E-state index in [0.29, 0.717) is 23.6 Å². The predicted molar refractivity (Wildman–Crippen MR) is 140 cm³/mol. The van der Waals surface area contributed by atoms with E-state index in [1.807, 2.05) is 12.1 Å². The molecule has 0 saturated heterocycles. The Labute approximate surface area is 205 Å². The van der Waals surface area contributed by atoms with Crippen molar-refractivity contribution in [2.75, 3.05) is 26.7 Å². The second-order valence-corrected chi connectivity index (χ2v) is 9.64. The molecule has 0 aliphatic heterocycles. The van der Waals surface area contributed by atoms with Gasteiger partial charge < -0.3 is 15.2 Å². The molecule has 182 valence electrons. The van der Waals surface area contributed by atoms with Gasteiger partial charge in [0.1, 0.15) is 11.5 Å². The molecular weight excluding hydrogens is 420 g/mol. The van der Waals surface area contributed by atoms with Crippen molar-refractivity contribution in [1.82, 2.24) is 10.2 Å². The van der Waals surface area contributed by atoms with Crippen LogP contribution in [0.1, 0.15) is 42.5 Å². The number of allylic oxidation sites excluding steroid dienone is 1. The van der Waals surface area contributed by atoms with Crippen molar-refractivity contribution in [3.8, 4) is 5.75 Å². The van der Waals surface area contributed by atoms with Crippen molar-refractivity contribution in [2.24, 2.45) is 11.8 Å². The lowest BCUT2D eigenvalue weighted by molar-refractivity contribution is 0.147. The van der Waals surface area contributed by atoms with E-state index in [-0.39, 0.29) is 0 Å². The van der Waals surface area contributed by atoms with Gasteiger partial charge in [-0.1, -0.05) is 50.3 Å². The van der Waals surface area contributed by atoms with Crippen LogP contribution in [0.3, 0.4) is 0 Å². The number of hydrogen-bond donors (Lipinski definition) is 2. The number of methoxy groups -OCH3 is 1. The number of rotatable bonds is 10. The van der Waals surface area contributed by atoms with Gasteiger partial charge in [-0.2, -0.15) is 0 Å². The molecule has 0 spiro atoms. The molecule has 0 aromatic heterocycles. The maximum atomic E-state index is 9.87. The number of likely N-dealkylation sites (N-methyl/N-ethyl adjacent to an activating group) is 2. The number of hydrogen-bond acceptors (Lipinski definition) is 4. The van der Waals surface area contributed by atoms with Crippen LogP contribution in [0.25, 0.3) is 0 Å². The third kappa shape index (κ3) is 5.92. The first-order valence-electron chi connectivity index (χ1n) is 12.9. The van der Waals surface area contributed by atoms with E-state index < -0.39 is 0 Å². The van der Waals surface area contributed by atoms with E-state index in [2.05, 4.69) is 72.6 Å². The van der Waals surface area contributed by atoms with Crippen LogP contribution in [0, 0.1) is 11.8 Å². The minimum Gasteiger partial charge on any atom is -0.508 e. The summed E-state index contributed by atoms with van der Waals surface area (Å²) in [5.41, 5.74) is 5.44. The van der Waals surface area contributed by atoms with E-state index >= 15 is 0 Å². The Kier molecular flexibility index (Phi) is 8.47. The number of aryl methyl sites for hydroxylation is 1. The highest BCUT2D eigenvalue weighted by molar-refractivity contribution is 5.37. The molecule has 0 amide bonds. The van der Waals surface area contributed by atoms with E-state index in [1.165, 1.54) is 22.3 Å². The lowest BCUT2D eigenvalue weighted by Crippen LogP contribution is -2.43. The molecule has 2 aliphatic rings. The minimum absolute atomic E-state index is 0.307. The summed E-state index contributed by atoms with van der Waals surface area (Å²) in [6.07, 6.45) is 11.2. The van der Waals surface area contributed by atoms with Crippen LogP contribution < -0.4 is 5.32 Å². The summed E-state index contributed by atoms with van der Waals surface area (Å²) in [7, 11) is 1.76. The lowest BCUT2D eigenvalue weighted by atomic mass is 9.72. The number of nitrogens with one attached hydrogen (secondary N) is 1. The summed E-state index contributed by atoms with van der Waals surface area (Å²) in [5, 5.41) is 13.3. The summed E-state index contributed by atoms with van der Waals surface area (Å²) < 4.78 is 5.65. The van der Waals surface area contributed by atoms with Crippen molar-refractivity contribution in [2.45, 2.75) is 52.1 Å². The first kappa shape index (κ1) is 24.6. The molecule has 4 rings (SSSR count). The van der Waals surface area contributed by atoms with Gasteiger partial charge in [0.25, 0.3) is 0 Å². The second kappa shape index (κ2) is 11.7. The summed E-state index contributed by atoms with van der Waals surface area (Å²) in [6, 6.07) is 15.3. The van der Waals surface area contributed by atoms with Gasteiger partial charge in [-0.25, -0.2) is 0 Å². The maximum Gasteiger partial charge on any atom is 0.116 e. The van der Waals surface area contributed by atoms with Gasteiger partial charge in [-0.3, -0.25) is 4.90 Å². The van der Waals surface area contributed by atoms with Crippen LogP contribution in [-0.4, -0.2) is 42.8 Å². The van der Waals surface area contributed by atoms with Crippen molar-refractivity contribution in [3.63, 3.8) is 0 Å². The zero-order valence-corrected chi connectivity index (χ0v) is 21.0. The van der Waals surface area contributed by atoms with Gasteiger partial charge in [-0.15, -0.1) is 0 Å². The molecular formula is C30H40N2O2. The van der Waals surface area contributed by atoms with E-state index in [0.717, 1.165) is 57.6 Å². The van der Waals surface area contributed by atoms with Crippen LogP contribution in [0.15, 0.2) is 66.5 Å². The standard InChI is InChI=1S/C30H40N2O2/c1-4-31-17-16-22-6-8-23(9-7-22)21-32(5-2)30-20-28(34-3)14-15-29(30)26-11-10-25-19-27(33)13-12-24(25)18-26/h6-9,12-15,19-20,26,29-31,33H,4-5,10-11,16-18,21H2,1-3H3/t26-,29?,30?/m1/s1. The molecule has 34 heavy (non-hydrogen) atoms. The molecule has 4 heteroatoms. The molecule has 0 fully saturated rings. The Morgan fingerprint density at radius 3 is 2.59 bits per heavy atom. The molecule has 3 atom stereocenters. The van der Waals surface area contributed by atoms with Crippen LogP contribution in [0.2, 0.25) is 0 Å². The van der Waals surface area contributed by atoms with E-state index in [1.54, 1.807) is 7.11 Å². The van der Waals surface area contributed by atoms with Gasteiger partial charge >= 0.3 is 0 Å². The SMILES string of the molecule is CCNCCc1ccc(CN(CC)C2C=C(OC)C=CC2[C@@H]2CCc3cc(O)ccc3C2)cc1. The zero-order valence-electron chi connectivity index (χ0n) is 21.0. The van der Waals surface area contributed by atoms with Gasteiger partial charge in [-0.05, 0) is 104 Å². The average Bonchev–Trinajstić information content (AvgIpc) is 2.87. The number of nitrogens with zero attached hydrogens (tertiary/aromatic N) is 1. The fourth-order valence-corrected chi connectivity index (χ4v) is 5.56. The quantitative estimate of drug-likeness (QED) is 0.475. The molecule has 0 radical (unpaired) electrons. The maximum absolute atomic E-state index is 9.87. The lowest BCUT2D eigenvalue weighted by Gasteiger charge is -2.41. The fraction of sp³-hybridized carbons (Fsp3) is 0.467. The smallest absolute Gasteiger partial charge is 0.116 e. The summed E-state index contributed by atoms with van der Waals surface area (Å²) in [5.74, 6) is 2.36. The Hall–Kier alpha value is -2.56. The first-order chi connectivity index (χ1) is 16.6. The average molecular weight is 461 g/mol. The van der Waals surface area contributed by atoms with Crippen LogP contribution in [0.5, 0.6) is 5.75 Å². The predicted octanol–water partition coefficient (Wildman–Crippen LogP) is 5.26. The number of ether oxygens (including phenoxy) is 1. The molecule has 2 unspecified atom stereocenters. The number of fused-ring (bicyclic) bond motifs is 1. The van der Waals surface area contributed by atoms with Gasteiger partial charge in [0.15, 0.2) is 0 Å². The number of phenolic OH excluding ortho intramolecular Hbond substituents is 1. The fourth-order valence-electron chi connectivity index (χ4n) is 5.56. The molecule has 0 bridgehead atoms. The highest BCUT2D eigenvalue weighted by Crippen LogP contribution is 2.38. The van der Waals surface area contributed by atoms with Crippen molar-refractivity contribution >= 4 is 0 Å². The molecule has 2 aromatic rings. The Morgan fingerprint density at radius 1 is 1.06 bits per heavy atom. The zero-order chi connectivity index (χ0) is 23.9. The Bertz CT molecular complexity index is 995. The van der Waals surface area contributed by atoms with Crippen LogP contribution >= 0.6 is 0 Å². The normalized spacial score (nSPS) is 21.9. The van der Waals surface area contributed by atoms with Crippen molar-refractivity contribution in [1.29, 1.82) is 0 Å². The molecule has 0 saturated carbocycles. The number of aromatic hydroxyl groups is 1. The largest absolute Gasteiger partial charge is 0.508 e. The second-order valence-electron chi connectivity index (χ2n) is 9.64. The van der Waals surface area contributed by atoms with E-state index in [4.69, 9.17) is 4.74 Å². The molecule has 2 aliphatic carbocycles. The summed E-state index contributed by atoms with van der Waals surface area (Å²) >= 11 is 0. The molecule has 2 N–H and O–H groups in total. The van der Waals surface area contributed by atoms with E-state index in [9.17, 15) is 5.11 Å². The monoisotopic (exact) mass is 460 g/mol. The topological polar surface area (TPSA) is 44.7 Å². The molecule has 0 heterocycles. The first-order valence-corrected chi connectivity index (χ1v) is 12.9.